The minimum atomic E-state index is -0.187. The number of aromatic nitrogens is 1. The number of aryl methyl sites for hydroxylation is 1. The van der Waals surface area contributed by atoms with Gasteiger partial charge >= 0.3 is 0 Å². The van der Waals surface area contributed by atoms with Crippen molar-refractivity contribution in [3.05, 3.63) is 57.7 Å². The molecule has 6 nitrogen and oxygen atoms in total. The number of anilines is 1. The van der Waals surface area contributed by atoms with Crippen LogP contribution in [-0.2, 0) is 16.1 Å². The molecule has 0 bridgehead atoms. The van der Waals surface area contributed by atoms with Crippen molar-refractivity contribution < 1.29 is 9.53 Å². The third-order valence-corrected chi connectivity index (χ3v) is 6.66. The van der Waals surface area contributed by atoms with Crippen molar-refractivity contribution in [1.82, 2.24) is 9.47 Å². The summed E-state index contributed by atoms with van der Waals surface area (Å²) in [5.74, 6) is -0.187. The van der Waals surface area contributed by atoms with E-state index in [-0.39, 0.29) is 11.5 Å². The second-order valence-corrected chi connectivity index (χ2v) is 8.69. The normalized spacial score (nSPS) is 18.6. The highest BCUT2D eigenvalue weighted by molar-refractivity contribution is 8.26. The molecule has 2 saturated heterocycles. The molecule has 1 aromatic carbocycles. The fourth-order valence-electron chi connectivity index (χ4n) is 3.90. The number of benzene rings is 1. The van der Waals surface area contributed by atoms with Crippen molar-refractivity contribution >= 4 is 56.9 Å². The van der Waals surface area contributed by atoms with Gasteiger partial charge in [-0.1, -0.05) is 48.3 Å². The van der Waals surface area contributed by atoms with Gasteiger partial charge in [0.2, 0.25) is 0 Å². The first-order chi connectivity index (χ1) is 14.6. The third-order valence-electron chi connectivity index (χ3n) is 5.28. The van der Waals surface area contributed by atoms with E-state index in [1.165, 1.54) is 16.7 Å². The van der Waals surface area contributed by atoms with E-state index in [0.29, 0.717) is 54.2 Å². The van der Waals surface area contributed by atoms with Gasteiger partial charge in [0.1, 0.15) is 4.32 Å². The fourth-order valence-corrected chi connectivity index (χ4v) is 5.16. The Morgan fingerprint density at radius 2 is 1.97 bits per heavy atom. The van der Waals surface area contributed by atoms with Crippen molar-refractivity contribution in [3.63, 3.8) is 0 Å². The maximum atomic E-state index is 13.5. The molecule has 0 unspecified atom stereocenters. The van der Waals surface area contributed by atoms with Crippen LogP contribution in [0, 0.1) is 0 Å². The van der Waals surface area contributed by atoms with E-state index < -0.39 is 0 Å². The molecule has 0 spiro atoms. The van der Waals surface area contributed by atoms with Crippen LogP contribution in [0.4, 0.5) is 5.69 Å². The molecular weight excluding hydrogens is 418 g/mol. The van der Waals surface area contributed by atoms with E-state index in [9.17, 15) is 9.59 Å². The zero-order chi connectivity index (χ0) is 21.3. The van der Waals surface area contributed by atoms with Crippen LogP contribution in [0.1, 0.15) is 12.5 Å². The average Bonchev–Trinajstić information content (AvgIpc) is 3.03. The number of thiocarbonyl (C=S) groups is 1. The number of pyridine rings is 1. The van der Waals surface area contributed by atoms with E-state index in [1.54, 1.807) is 16.7 Å². The minimum absolute atomic E-state index is 0.105. The largest absolute Gasteiger partial charge is 0.378 e. The number of morpholine rings is 1. The lowest BCUT2D eigenvalue weighted by molar-refractivity contribution is -0.121. The Kier molecular flexibility index (Phi) is 6.08. The molecule has 156 valence electrons. The van der Waals surface area contributed by atoms with Gasteiger partial charge in [0.05, 0.1) is 34.9 Å². The number of amides is 1. The number of carbonyl (C=O) groups excluding carboxylic acids is 1. The van der Waals surface area contributed by atoms with Crippen LogP contribution >= 0.6 is 24.0 Å². The van der Waals surface area contributed by atoms with Crippen molar-refractivity contribution in [2.24, 2.45) is 0 Å². The average molecular weight is 442 g/mol. The summed E-state index contributed by atoms with van der Waals surface area (Å²) in [7, 11) is 0. The lowest BCUT2D eigenvalue weighted by Crippen LogP contribution is -2.38. The Morgan fingerprint density at radius 3 is 2.67 bits per heavy atom. The number of hydrogen-bond donors (Lipinski definition) is 0. The molecule has 0 N–H and O–H groups in total. The predicted molar refractivity (Wildman–Crippen MR) is 127 cm³/mol. The Hall–Kier alpha value is -2.42. The summed E-state index contributed by atoms with van der Waals surface area (Å²) in [6.45, 7) is 9.14. The van der Waals surface area contributed by atoms with Crippen LogP contribution < -0.4 is 10.5 Å². The molecule has 2 aliphatic heterocycles. The number of hydrogen-bond acceptors (Lipinski definition) is 6. The molecule has 2 fully saturated rings. The monoisotopic (exact) mass is 441 g/mol. The summed E-state index contributed by atoms with van der Waals surface area (Å²) in [6.07, 6.45) is 3.36. The highest BCUT2D eigenvalue weighted by Gasteiger charge is 2.32. The van der Waals surface area contributed by atoms with Crippen LogP contribution in [0.2, 0.25) is 0 Å². The van der Waals surface area contributed by atoms with E-state index in [4.69, 9.17) is 17.0 Å². The third kappa shape index (κ3) is 3.59. The summed E-state index contributed by atoms with van der Waals surface area (Å²) in [5.41, 5.74) is 2.17. The van der Waals surface area contributed by atoms with Crippen molar-refractivity contribution in [3.8, 4) is 0 Å². The number of para-hydroxylation sites is 1. The molecule has 0 radical (unpaired) electrons. The second-order valence-electron chi connectivity index (χ2n) is 7.01. The van der Waals surface area contributed by atoms with Crippen LogP contribution in [0.5, 0.6) is 0 Å². The van der Waals surface area contributed by atoms with Crippen molar-refractivity contribution in [2.45, 2.75) is 13.5 Å². The summed E-state index contributed by atoms with van der Waals surface area (Å²) < 4.78 is 7.76. The highest BCUT2D eigenvalue weighted by Crippen LogP contribution is 2.36. The molecule has 0 atom stereocenters. The molecule has 8 heteroatoms. The van der Waals surface area contributed by atoms with E-state index in [1.807, 2.05) is 31.2 Å². The molecule has 3 heterocycles. The zero-order valence-electron chi connectivity index (χ0n) is 16.8. The fraction of sp³-hybridized carbons (Fsp3) is 0.318. The minimum Gasteiger partial charge on any atom is -0.378 e. The van der Waals surface area contributed by atoms with E-state index in [2.05, 4.69) is 11.5 Å². The topological polar surface area (TPSA) is 54.8 Å². The number of fused-ring (bicyclic) bond motifs is 1. The van der Waals surface area contributed by atoms with Crippen molar-refractivity contribution in [2.75, 3.05) is 37.7 Å². The lowest BCUT2D eigenvalue weighted by atomic mass is 10.1. The molecule has 0 saturated carbocycles. The Balaban J connectivity index is 1.96. The van der Waals surface area contributed by atoms with E-state index in [0.717, 1.165) is 16.6 Å². The Labute approximate surface area is 184 Å². The summed E-state index contributed by atoms with van der Waals surface area (Å²) in [6, 6.07) is 7.92. The summed E-state index contributed by atoms with van der Waals surface area (Å²) in [4.78, 5) is 30.6. The number of rotatable bonds is 5. The van der Waals surface area contributed by atoms with Gasteiger partial charge in [0, 0.05) is 31.6 Å². The van der Waals surface area contributed by atoms with Gasteiger partial charge in [-0.15, -0.1) is 6.58 Å². The standard InChI is InChI=1S/C22H23N3O3S2/c1-3-9-25-21(27)18(30-22(25)29)14-16-19(23-10-12-28-13-11-23)15-7-5-6-8-17(15)24(4-2)20(16)26/h3,5-8,14H,1,4,9-13H2,2H3. The molecule has 30 heavy (non-hydrogen) atoms. The molecule has 0 aliphatic carbocycles. The number of ether oxygens (including phenoxy) is 1. The van der Waals surface area contributed by atoms with Gasteiger partial charge < -0.3 is 14.2 Å². The van der Waals surface area contributed by atoms with Gasteiger partial charge in [0.25, 0.3) is 11.5 Å². The van der Waals surface area contributed by atoms with Gasteiger partial charge in [-0.05, 0) is 19.1 Å². The quantitative estimate of drug-likeness (QED) is 0.403. The SMILES string of the molecule is C=CCN1C(=O)C(=Cc2c(N3CCOCC3)c3ccccc3n(CC)c2=O)SC1=S. The zero-order valence-corrected chi connectivity index (χ0v) is 18.4. The highest BCUT2D eigenvalue weighted by atomic mass is 32.2. The van der Waals surface area contributed by atoms with E-state index >= 15 is 0 Å². The van der Waals surface area contributed by atoms with Gasteiger partial charge in [-0.25, -0.2) is 0 Å². The van der Waals surface area contributed by atoms with Crippen LogP contribution in [-0.4, -0.2) is 52.5 Å². The smallest absolute Gasteiger partial charge is 0.266 e. The molecule has 4 rings (SSSR count). The summed E-state index contributed by atoms with van der Waals surface area (Å²) in [5, 5.41) is 0.994. The summed E-state index contributed by atoms with van der Waals surface area (Å²) >= 11 is 6.59. The van der Waals surface area contributed by atoms with Gasteiger partial charge in [-0.3, -0.25) is 14.5 Å². The maximum Gasteiger partial charge on any atom is 0.266 e. The molecule has 2 aliphatic rings. The van der Waals surface area contributed by atoms with Crippen molar-refractivity contribution in [1.29, 1.82) is 0 Å². The van der Waals surface area contributed by atoms with Crippen LogP contribution in [0.15, 0.2) is 46.6 Å². The molecule has 1 aromatic heterocycles. The van der Waals surface area contributed by atoms with Crippen LogP contribution in [0.25, 0.3) is 17.0 Å². The Bertz CT molecular complexity index is 1120. The van der Waals surface area contributed by atoms with Crippen LogP contribution in [0.3, 0.4) is 0 Å². The molecular formula is C22H23N3O3S2. The second kappa shape index (κ2) is 8.75. The molecule has 1 amide bonds. The maximum absolute atomic E-state index is 13.5. The first-order valence-corrected chi connectivity index (χ1v) is 11.1. The Morgan fingerprint density at radius 1 is 1.23 bits per heavy atom. The van der Waals surface area contributed by atoms with Gasteiger partial charge in [-0.2, -0.15) is 0 Å². The predicted octanol–water partition coefficient (Wildman–Crippen LogP) is 3.25. The lowest BCUT2D eigenvalue weighted by Gasteiger charge is -2.31. The first kappa shape index (κ1) is 20.8. The number of carbonyl (C=O) groups is 1. The first-order valence-electron chi connectivity index (χ1n) is 9.91. The molecule has 2 aromatic rings. The number of thioether (sulfide) groups is 1. The number of nitrogens with zero attached hydrogens (tertiary/aromatic N) is 3. The van der Waals surface area contributed by atoms with Gasteiger partial charge in [0.15, 0.2) is 0 Å².